The molecular weight excluding hydrogens is 402 g/mol. The number of rotatable bonds is 8. The van der Waals surface area contributed by atoms with Crippen LogP contribution < -0.4 is 9.47 Å². The molecule has 30 heavy (non-hydrogen) atoms. The summed E-state index contributed by atoms with van der Waals surface area (Å²) in [6, 6.07) is 7.01. The molecule has 0 bridgehead atoms. The van der Waals surface area contributed by atoms with Gasteiger partial charge in [-0.05, 0) is 61.7 Å². The third-order valence-electron chi connectivity index (χ3n) is 4.14. The number of aryl methyl sites for hydroxylation is 2. The summed E-state index contributed by atoms with van der Waals surface area (Å²) >= 11 is 0. The zero-order valence-electron chi connectivity index (χ0n) is 17.1. The average Bonchev–Trinajstić information content (AvgIpc) is 2.65. The Morgan fingerprint density at radius 1 is 1.07 bits per heavy atom. The summed E-state index contributed by atoms with van der Waals surface area (Å²) in [5, 5.41) is 2.91. The first-order valence-electron chi connectivity index (χ1n) is 9.12. The fraction of sp³-hybridized carbons (Fsp3) is 0.318. The van der Waals surface area contributed by atoms with Gasteiger partial charge >= 0.3 is 6.18 Å². The molecule has 0 N–H and O–H groups in total. The van der Waals surface area contributed by atoms with Gasteiger partial charge in [0.15, 0.2) is 5.71 Å². The molecule has 0 atom stereocenters. The van der Waals surface area contributed by atoms with Crippen LogP contribution in [-0.2, 0) is 11.4 Å². The van der Waals surface area contributed by atoms with E-state index in [1.165, 1.54) is 6.07 Å². The van der Waals surface area contributed by atoms with Crippen molar-refractivity contribution in [3.8, 4) is 11.5 Å². The summed E-state index contributed by atoms with van der Waals surface area (Å²) in [7, 11) is 0.966. The first-order valence-corrected chi connectivity index (χ1v) is 9.12. The Kier molecular flexibility index (Phi) is 7.86. The first kappa shape index (κ1) is 23.3. The number of oxime groups is 1. The Balaban J connectivity index is 2.17. The molecule has 2 aromatic rings. The number of benzene rings is 2. The van der Waals surface area contributed by atoms with Crippen LogP contribution >= 0.6 is 0 Å². The highest BCUT2D eigenvalue weighted by molar-refractivity contribution is 6.04. The van der Waals surface area contributed by atoms with Crippen LogP contribution in [0.15, 0.2) is 47.6 Å². The molecule has 0 amide bonds. The van der Waals surface area contributed by atoms with Crippen molar-refractivity contribution in [2.24, 2.45) is 5.16 Å². The molecule has 0 aliphatic rings. The number of halogens is 4. The van der Waals surface area contributed by atoms with Crippen molar-refractivity contribution in [1.29, 1.82) is 0 Å². The van der Waals surface area contributed by atoms with Crippen molar-refractivity contribution in [3.05, 3.63) is 70.6 Å². The molecule has 0 radical (unpaired) electrons. The minimum absolute atomic E-state index is 0.0135. The Bertz CT molecular complexity index is 913. The van der Waals surface area contributed by atoms with Crippen LogP contribution in [0.5, 0.6) is 11.5 Å². The normalized spacial score (nSPS) is 12.3. The molecule has 2 aromatic carbocycles. The van der Waals surface area contributed by atoms with Gasteiger partial charge in [-0.25, -0.2) is 4.39 Å². The quantitative estimate of drug-likeness (QED) is 0.229. The molecule has 0 spiro atoms. The predicted molar refractivity (Wildman–Crippen MR) is 107 cm³/mol. The summed E-state index contributed by atoms with van der Waals surface area (Å²) in [5.41, 5.74) is -0.0935. The Morgan fingerprint density at radius 2 is 1.73 bits per heavy atom. The molecule has 8 heteroatoms. The Morgan fingerprint density at radius 3 is 2.27 bits per heavy atom. The Hall–Kier alpha value is -3.03. The summed E-state index contributed by atoms with van der Waals surface area (Å²) < 4.78 is 64.9. The number of hydrogen-bond acceptors (Lipinski definition) is 4. The highest BCUT2D eigenvalue weighted by Gasteiger charge is 2.39. The maximum atomic E-state index is 14.3. The Labute approximate surface area is 172 Å². The molecule has 0 aliphatic heterocycles. The van der Waals surface area contributed by atoms with E-state index in [2.05, 4.69) is 9.99 Å². The molecule has 4 nitrogen and oxygen atoms in total. The van der Waals surface area contributed by atoms with Gasteiger partial charge in [-0.15, -0.1) is 0 Å². The van der Waals surface area contributed by atoms with Gasteiger partial charge in [-0.2, -0.15) is 13.2 Å². The predicted octanol–water partition coefficient (Wildman–Crippen LogP) is 5.89. The molecule has 0 heterocycles. The second kappa shape index (κ2) is 10.1. The van der Waals surface area contributed by atoms with Gasteiger partial charge < -0.3 is 14.3 Å². The maximum Gasteiger partial charge on any atom is 0.437 e. The summed E-state index contributed by atoms with van der Waals surface area (Å²) in [5.74, 6) is 0.239. The topological polar surface area (TPSA) is 40.0 Å². The van der Waals surface area contributed by atoms with Gasteiger partial charge in [-0.1, -0.05) is 23.4 Å². The molecule has 0 unspecified atom stereocenters. The number of hydrogen-bond donors (Lipinski definition) is 0. The lowest BCUT2D eigenvalue weighted by Gasteiger charge is -2.15. The third-order valence-corrected chi connectivity index (χ3v) is 4.14. The minimum Gasteiger partial charge on any atom is -0.490 e. The van der Waals surface area contributed by atoms with Gasteiger partial charge in [0, 0.05) is 5.56 Å². The van der Waals surface area contributed by atoms with Crippen LogP contribution in [0, 0.1) is 19.7 Å². The number of ether oxygens (including phenoxy) is 2. The highest BCUT2D eigenvalue weighted by Crippen LogP contribution is 2.30. The zero-order chi connectivity index (χ0) is 22.3. The molecule has 0 aromatic heterocycles. The molecule has 0 fully saturated rings. The van der Waals surface area contributed by atoms with Crippen LogP contribution in [0.3, 0.4) is 0 Å². The molecule has 2 rings (SSSR count). The number of allylic oxidation sites excluding steroid dienone is 1. The van der Waals surface area contributed by atoms with Gasteiger partial charge in [0.1, 0.15) is 37.6 Å². The molecule has 0 saturated heterocycles. The second-order valence-corrected chi connectivity index (χ2v) is 6.49. The van der Waals surface area contributed by atoms with E-state index in [0.717, 1.165) is 30.4 Å². The molecule has 162 valence electrons. The monoisotopic (exact) mass is 425 g/mol. The summed E-state index contributed by atoms with van der Waals surface area (Å²) in [4.78, 5) is 4.20. The van der Waals surface area contributed by atoms with Crippen molar-refractivity contribution in [2.75, 3.05) is 13.7 Å². The SMILES string of the molecule is C/C=C/COc1cc(C)c(OCc2ccc(/C(=N/OC)C(F)(F)F)c(F)c2)c(C)c1. The molecule has 0 saturated carbocycles. The molecular formula is C22H23F4NO3. The van der Waals surface area contributed by atoms with Crippen molar-refractivity contribution in [1.82, 2.24) is 0 Å². The largest absolute Gasteiger partial charge is 0.490 e. The smallest absolute Gasteiger partial charge is 0.437 e. The van der Waals surface area contributed by atoms with E-state index in [-0.39, 0.29) is 6.61 Å². The van der Waals surface area contributed by atoms with Crippen LogP contribution in [0.25, 0.3) is 0 Å². The van der Waals surface area contributed by atoms with Crippen molar-refractivity contribution >= 4 is 5.71 Å². The van der Waals surface area contributed by atoms with Crippen LogP contribution in [0.4, 0.5) is 17.6 Å². The van der Waals surface area contributed by atoms with E-state index < -0.39 is 23.3 Å². The van der Waals surface area contributed by atoms with Gasteiger partial charge in [-0.3, -0.25) is 0 Å². The van der Waals surface area contributed by atoms with Crippen LogP contribution in [0.1, 0.15) is 29.2 Å². The zero-order valence-corrected chi connectivity index (χ0v) is 17.1. The first-order chi connectivity index (χ1) is 14.2. The van der Waals surface area contributed by atoms with E-state index in [1.807, 2.05) is 45.1 Å². The van der Waals surface area contributed by atoms with Crippen molar-refractivity contribution < 1.29 is 31.9 Å². The lowest BCUT2D eigenvalue weighted by atomic mass is 10.1. The summed E-state index contributed by atoms with van der Waals surface area (Å²) in [6.07, 6.45) is -1.07. The highest BCUT2D eigenvalue weighted by atomic mass is 19.4. The van der Waals surface area contributed by atoms with Gasteiger partial charge in [0.05, 0.1) is 0 Å². The van der Waals surface area contributed by atoms with E-state index >= 15 is 0 Å². The third kappa shape index (κ3) is 5.98. The van der Waals surface area contributed by atoms with Crippen LogP contribution in [0.2, 0.25) is 0 Å². The lowest BCUT2D eigenvalue weighted by Crippen LogP contribution is -2.25. The second-order valence-electron chi connectivity index (χ2n) is 6.49. The molecule has 0 aliphatic carbocycles. The maximum absolute atomic E-state index is 14.3. The summed E-state index contributed by atoms with van der Waals surface area (Å²) in [6.45, 7) is 6.05. The van der Waals surface area contributed by atoms with Crippen molar-refractivity contribution in [2.45, 2.75) is 33.6 Å². The van der Waals surface area contributed by atoms with Crippen molar-refractivity contribution in [3.63, 3.8) is 0 Å². The minimum atomic E-state index is -4.85. The fourth-order valence-electron chi connectivity index (χ4n) is 2.80. The number of alkyl halides is 3. The number of nitrogens with zero attached hydrogens (tertiary/aromatic N) is 1. The van der Waals surface area contributed by atoms with E-state index in [9.17, 15) is 17.6 Å². The van der Waals surface area contributed by atoms with E-state index in [4.69, 9.17) is 9.47 Å². The lowest BCUT2D eigenvalue weighted by molar-refractivity contribution is -0.0609. The van der Waals surface area contributed by atoms with Crippen LogP contribution in [-0.4, -0.2) is 25.6 Å². The van der Waals surface area contributed by atoms with Gasteiger partial charge in [0.2, 0.25) is 0 Å². The average molecular weight is 425 g/mol. The standard InChI is InChI=1S/C22H23F4NO3/c1-5-6-9-29-17-10-14(2)20(15(3)11-17)30-13-16-7-8-18(19(23)12-16)21(27-28-4)22(24,25)26/h5-8,10-12H,9,13H2,1-4H3/b6-5+,27-21-. The van der Waals surface area contributed by atoms with E-state index in [1.54, 1.807) is 0 Å². The van der Waals surface area contributed by atoms with Gasteiger partial charge in [0.25, 0.3) is 0 Å². The van der Waals surface area contributed by atoms with E-state index in [0.29, 0.717) is 23.7 Å². The fourth-order valence-corrected chi connectivity index (χ4v) is 2.80.